The van der Waals surface area contributed by atoms with Gasteiger partial charge in [0.25, 0.3) is 0 Å². The Labute approximate surface area is 138 Å². The number of anilines is 1. The van der Waals surface area contributed by atoms with Crippen molar-refractivity contribution in [1.29, 1.82) is 0 Å². The SMILES string of the molecule is O=C1NC(=O)[C@@H]2CN(CC(=O)N3CCSc4ccccc43)C[C@H]12. The first-order valence-electron chi connectivity index (χ1n) is 7.73. The van der Waals surface area contributed by atoms with E-state index < -0.39 is 0 Å². The number of benzene rings is 1. The lowest BCUT2D eigenvalue weighted by Gasteiger charge is -2.30. The number of hydrogen-bond acceptors (Lipinski definition) is 5. The monoisotopic (exact) mass is 331 g/mol. The number of imide groups is 1. The third kappa shape index (κ3) is 2.53. The molecule has 7 heteroatoms. The predicted molar refractivity (Wildman–Crippen MR) is 86.1 cm³/mol. The largest absolute Gasteiger partial charge is 0.309 e. The van der Waals surface area contributed by atoms with Gasteiger partial charge in [0, 0.05) is 30.3 Å². The van der Waals surface area contributed by atoms with Crippen molar-refractivity contribution in [1.82, 2.24) is 10.2 Å². The zero-order valence-corrected chi connectivity index (χ0v) is 13.3. The Morgan fingerprint density at radius 3 is 2.61 bits per heavy atom. The first-order chi connectivity index (χ1) is 11.1. The Bertz CT molecular complexity index is 671. The molecule has 0 aliphatic carbocycles. The molecule has 120 valence electrons. The smallest absolute Gasteiger partial charge is 0.241 e. The maximum atomic E-state index is 12.7. The molecule has 4 rings (SSSR count). The fourth-order valence-corrected chi connectivity index (χ4v) is 4.55. The lowest BCUT2D eigenvalue weighted by Crippen LogP contribution is -2.43. The summed E-state index contributed by atoms with van der Waals surface area (Å²) < 4.78 is 0. The van der Waals surface area contributed by atoms with E-state index >= 15 is 0 Å². The highest BCUT2D eigenvalue weighted by atomic mass is 32.2. The van der Waals surface area contributed by atoms with E-state index in [1.165, 1.54) is 0 Å². The Hall–Kier alpha value is -1.86. The summed E-state index contributed by atoms with van der Waals surface area (Å²) in [5, 5.41) is 2.37. The number of nitrogens with zero attached hydrogens (tertiary/aromatic N) is 2. The molecule has 1 aromatic rings. The Morgan fingerprint density at radius 2 is 1.87 bits per heavy atom. The van der Waals surface area contributed by atoms with E-state index in [1.807, 2.05) is 34.1 Å². The van der Waals surface area contributed by atoms with E-state index in [4.69, 9.17) is 0 Å². The molecule has 2 fully saturated rings. The molecule has 2 saturated heterocycles. The van der Waals surface area contributed by atoms with Crippen molar-refractivity contribution in [3.05, 3.63) is 24.3 Å². The molecule has 0 unspecified atom stereocenters. The number of carbonyl (C=O) groups excluding carboxylic acids is 3. The maximum Gasteiger partial charge on any atom is 0.241 e. The molecule has 0 spiro atoms. The van der Waals surface area contributed by atoms with Crippen LogP contribution in [0.5, 0.6) is 0 Å². The van der Waals surface area contributed by atoms with Gasteiger partial charge in [-0.2, -0.15) is 0 Å². The van der Waals surface area contributed by atoms with Crippen molar-refractivity contribution in [2.24, 2.45) is 11.8 Å². The number of thioether (sulfide) groups is 1. The lowest BCUT2D eigenvalue weighted by molar-refractivity contribution is -0.127. The van der Waals surface area contributed by atoms with E-state index in [9.17, 15) is 14.4 Å². The predicted octanol–water partition coefficient (Wildman–Crippen LogP) is 0.330. The second-order valence-corrected chi connectivity index (χ2v) is 7.26. The quantitative estimate of drug-likeness (QED) is 0.791. The van der Waals surface area contributed by atoms with Crippen LogP contribution in [-0.2, 0) is 14.4 Å². The Kier molecular flexibility index (Phi) is 3.61. The molecular weight excluding hydrogens is 314 g/mol. The number of amides is 3. The van der Waals surface area contributed by atoms with Crippen LogP contribution in [0, 0.1) is 11.8 Å². The van der Waals surface area contributed by atoms with Crippen molar-refractivity contribution in [2.75, 3.05) is 36.8 Å². The molecule has 0 aromatic heterocycles. The second-order valence-electron chi connectivity index (χ2n) is 6.12. The summed E-state index contributed by atoms with van der Waals surface area (Å²) in [4.78, 5) is 41.0. The molecule has 0 saturated carbocycles. The zero-order chi connectivity index (χ0) is 16.0. The molecular formula is C16H17N3O3S. The lowest BCUT2D eigenvalue weighted by atomic mass is 10.00. The molecule has 1 N–H and O–H groups in total. The molecule has 0 radical (unpaired) electrons. The maximum absolute atomic E-state index is 12.7. The molecule has 3 aliphatic heterocycles. The van der Waals surface area contributed by atoms with Gasteiger partial charge < -0.3 is 4.90 Å². The normalized spacial score (nSPS) is 26.9. The van der Waals surface area contributed by atoms with Crippen LogP contribution < -0.4 is 10.2 Å². The molecule has 1 aromatic carbocycles. The average molecular weight is 331 g/mol. The molecule has 6 nitrogen and oxygen atoms in total. The van der Waals surface area contributed by atoms with E-state index in [0.717, 1.165) is 16.3 Å². The third-order valence-electron chi connectivity index (χ3n) is 4.70. The summed E-state index contributed by atoms with van der Waals surface area (Å²) in [5.74, 6) is -0.0663. The van der Waals surface area contributed by atoms with Crippen LogP contribution in [-0.4, -0.2) is 54.6 Å². The number of carbonyl (C=O) groups is 3. The van der Waals surface area contributed by atoms with Gasteiger partial charge in [0.15, 0.2) is 0 Å². The van der Waals surface area contributed by atoms with Gasteiger partial charge in [-0.3, -0.25) is 24.6 Å². The van der Waals surface area contributed by atoms with Crippen LogP contribution in [0.3, 0.4) is 0 Å². The fourth-order valence-electron chi connectivity index (χ4n) is 3.56. The molecule has 23 heavy (non-hydrogen) atoms. The van der Waals surface area contributed by atoms with E-state index in [2.05, 4.69) is 5.32 Å². The van der Waals surface area contributed by atoms with Crippen LogP contribution in [0.4, 0.5) is 5.69 Å². The highest BCUT2D eigenvalue weighted by molar-refractivity contribution is 7.99. The van der Waals surface area contributed by atoms with Gasteiger partial charge in [-0.25, -0.2) is 0 Å². The number of fused-ring (bicyclic) bond motifs is 2. The summed E-state index contributed by atoms with van der Waals surface area (Å²) in [7, 11) is 0. The Morgan fingerprint density at radius 1 is 1.17 bits per heavy atom. The van der Waals surface area contributed by atoms with Crippen molar-refractivity contribution >= 4 is 35.2 Å². The highest BCUT2D eigenvalue weighted by Crippen LogP contribution is 2.35. The van der Waals surface area contributed by atoms with E-state index in [1.54, 1.807) is 11.8 Å². The van der Waals surface area contributed by atoms with E-state index in [0.29, 0.717) is 19.6 Å². The molecule has 3 aliphatic rings. The summed E-state index contributed by atoms with van der Waals surface area (Å²) in [6.07, 6.45) is 0. The van der Waals surface area contributed by atoms with Crippen LogP contribution in [0.2, 0.25) is 0 Å². The fraction of sp³-hybridized carbons (Fsp3) is 0.438. The van der Waals surface area contributed by atoms with Crippen molar-refractivity contribution in [3.8, 4) is 0 Å². The molecule has 2 atom stereocenters. The van der Waals surface area contributed by atoms with Crippen LogP contribution in [0.25, 0.3) is 0 Å². The van der Waals surface area contributed by atoms with Gasteiger partial charge in [0.2, 0.25) is 17.7 Å². The van der Waals surface area contributed by atoms with Gasteiger partial charge in [-0.1, -0.05) is 12.1 Å². The summed E-state index contributed by atoms with van der Waals surface area (Å²) in [6.45, 7) is 1.92. The number of para-hydroxylation sites is 1. The van der Waals surface area contributed by atoms with Crippen LogP contribution in [0.15, 0.2) is 29.2 Å². The van der Waals surface area contributed by atoms with Gasteiger partial charge >= 0.3 is 0 Å². The van der Waals surface area contributed by atoms with Crippen molar-refractivity contribution in [2.45, 2.75) is 4.90 Å². The topological polar surface area (TPSA) is 69.7 Å². The average Bonchev–Trinajstić information content (AvgIpc) is 3.08. The molecule has 3 amide bonds. The highest BCUT2D eigenvalue weighted by Gasteiger charge is 2.48. The van der Waals surface area contributed by atoms with Gasteiger partial charge in [-0.05, 0) is 12.1 Å². The number of rotatable bonds is 2. The third-order valence-corrected chi connectivity index (χ3v) is 5.75. The van der Waals surface area contributed by atoms with Crippen LogP contribution >= 0.6 is 11.8 Å². The minimum absolute atomic E-state index is 0.0329. The van der Waals surface area contributed by atoms with Gasteiger partial charge in [0.1, 0.15) is 0 Å². The number of nitrogens with one attached hydrogen (secondary N) is 1. The van der Waals surface area contributed by atoms with Crippen molar-refractivity contribution < 1.29 is 14.4 Å². The minimum atomic E-state index is -0.292. The summed E-state index contributed by atoms with van der Waals surface area (Å²) in [6, 6.07) is 7.91. The first-order valence-corrected chi connectivity index (χ1v) is 8.71. The Balaban J connectivity index is 1.46. The molecule has 0 bridgehead atoms. The van der Waals surface area contributed by atoms with Gasteiger partial charge in [0.05, 0.1) is 24.1 Å². The summed E-state index contributed by atoms with van der Waals surface area (Å²) >= 11 is 1.76. The standard InChI is InChI=1S/C16H17N3O3S/c20-14(19-5-6-23-13-4-2-1-3-12(13)19)9-18-7-10-11(8-18)16(22)17-15(10)21/h1-4,10-11H,5-9H2,(H,17,21,22)/t10-,11+. The van der Waals surface area contributed by atoms with E-state index in [-0.39, 0.29) is 36.1 Å². The van der Waals surface area contributed by atoms with Crippen LogP contribution in [0.1, 0.15) is 0 Å². The first kappa shape index (κ1) is 14.7. The van der Waals surface area contributed by atoms with Gasteiger partial charge in [-0.15, -0.1) is 11.8 Å². The number of likely N-dealkylation sites (tertiary alicyclic amines) is 1. The number of hydrogen-bond donors (Lipinski definition) is 1. The van der Waals surface area contributed by atoms with Crippen molar-refractivity contribution in [3.63, 3.8) is 0 Å². The molecule has 3 heterocycles. The minimum Gasteiger partial charge on any atom is -0.309 e. The second kappa shape index (κ2) is 5.65. The summed E-state index contributed by atoms with van der Waals surface area (Å²) in [5.41, 5.74) is 0.960. The zero-order valence-electron chi connectivity index (χ0n) is 12.5.